The number of pyridine rings is 1. The van der Waals surface area contributed by atoms with E-state index in [-0.39, 0.29) is 22.9 Å². The highest BCUT2D eigenvalue weighted by Gasteiger charge is 2.28. The molecule has 8 heteroatoms. The third-order valence-corrected chi connectivity index (χ3v) is 6.21. The molecule has 0 fully saturated rings. The Balaban J connectivity index is 2.56. The van der Waals surface area contributed by atoms with Crippen LogP contribution in [0.25, 0.3) is 11.1 Å². The lowest BCUT2D eigenvalue weighted by Gasteiger charge is -2.24. The summed E-state index contributed by atoms with van der Waals surface area (Å²) in [5.74, 6) is -1.04. The van der Waals surface area contributed by atoms with Gasteiger partial charge in [-0.15, -0.1) is 6.58 Å². The van der Waals surface area contributed by atoms with Crippen molar-refractivity contribution in [2.45, 2.75) is 64.1 Å². The molecule has 1 aromatic heterocycles. The Morgan fingerprint density at radius 3 is 2.34 bits per heavy atom. The van der Waals surface area contributed by atoms with Crippen molar-refractivity contribution in [3.63, 3.8) is 0 Å². The topological polar surface area (TPSA) is 96.7 Å². The average Bonchev–Trinajstić information content (AvgIpc) is 2.67. The number of aromatic nitrogens is 1. The molecule has 174 valence electrons. The van der Waals surface area contributed by atoms with Crippen molar-refractivity contribution < 1.29 is 28.5 Å². The van der Waals surface area contributed by atoms with Gasteiger partial charge in [0, 0.05) is 16.7 Å². The van der Waals surface area contributed by atoms with Crippen LogP contribution in [0.4, 0.5) is 4.39 Å². The van der Waals surface area contributed by atoms with Gasteiger partial charge in [0.25, 0.3) is 0 Å². The Kier molecular flexibility index (Phi) is 8.52. The van der Waals surface area contributed by atoms with Gasteiger partial charge in [-0.2, -0.15) is 0 Å². The third kappa shape index (κ3) is 6.35. The van der Waals surface area contributed by atoms with Gasteiger partial charge in [0.1, 0.15) is 5.82 Å². The zero-order valence-electron chi connectivity index (χ0n) is 19.1. The second-order valence-electron chi connectivity index (χ2n) is 9.03. The smallest absolute Gasteiger partial charge is 0.313 e. The van der Waals surface area contributed by atoms with Gasteiger partial charge in [-0.3, -0.25) is 14.3 Å². The summed E-state index contributed by atoms with van der Waals surface area (Å²) in [6.45, 7) is 13.3. The maximum Gasteiger partial charge on any atom is 0.313 e. The second kappa shape index (κ2) is 10.5. The molecule has 2 aromatic rings. The maximum absolute atomic E-state index is 13.5. The first-order valence-electron chi connectivity index (χ1n) is 10.4. The van der Waals surface area contributed by atoms with Crippen LogP contribution in [0, 0.1) is 5.82 Å². The minimum absolute atomic E-state index is 0.0981. The zero-order valence-corrected chi connectivity index (χ0v) is 20.1. The minimum Gasteiger partial charge on any atom is -0.424 e. The fourth-order valence-corrected chi connectivity index (χ4v) is 3.80. The number of nitrogens with zero attached hydrogens (tertiary/aromatic N) is 1. The van der Waals surface area contributed by atoms with E-state index in [1.807, 2.05) is 40.7 Å². The van der Waals surface area contributed by atoms with Crippen molar-refractivity contribution >= 4 is 14.0 Å². The van der Waals surface area contributed by atoms with E-state index in [1.165, 1.54) is 12.1 Å². The summed E-state index contributed by atoms with van der Waals surface area (Å²) in [7, 11) is -3.11. The van der Waals surface area contributed by atoms with E-state index in [4.69, 9.17) is 9.72 Å². The first kappa shape index (κ1) is 25.9. The van der Waals surface area contributed by atoms with Crippen molar-refractivity contribution in [3.05, 3.63) is 60.2 Å². The number of benzene rings is 1. The predicted octanol–water partition coefficient (Wildman–Crippen LogP) is 4.99. The number of hydrogen-bond acceptors (Lipinski definition) is 5. The number of aliphatic hydroxyl groups is 1. The van der Waals surface area contributed by atoms with Crippen molar-refractivity contribution in [1.29, 1.82) is 0 Å². The Bertz CT molecular complexity index is 999. The molecule has 0 aliphatic rings. The Morgan fingerprint density at radius 1 is 1.28 bits per heavy atom. The summed E-state index contributed by atoms with van der Waals surface area (Å²) in [5.41, 5.74) is 1.15. The number of esters is 1. The molecule has 0 aliphatic carbocycles. The van der Waals surface area contributed by atoms with E-state index in [0.29, 0.717) is 16.8 Å². The minimum atomic E-state index is -3.11. The van der Waals surface area contributed by atoms with Crippen molar-refractivity contribution in [2.75, 3.05) is 0 Å². The fraction of sp³-hybridized carbons (Fsp3) is 0.417. The van der Waals surface area contributed by atoms with Crippen LogP contribution < -0.4 is 4.74 Å². The van der Waals surface area contributed by atoms with Crippen LogP contribution in [0.2, 0.25) is 0 Å². The fourth-order valence-electron chi connectivity index (χ4n) is 3.16. The molecule has 0 amide bonds. The first-order valence-corrected chi connectivity index (χ1v) is 11.8. The van der Waals surface area contributed by atoms with E-state index in [0.717, 1.165) is 11.8 Å². The summed E-state index contributed by atoms with van der Waals surface area (Å²) < 4.78 is 30.6. The monoisotopic (exact) mass is 463 g/mol. The largest absolute Gasteiger partial charge is 0.424 e. The van der Waals surface area contributed by atoms with Crippen LogP contribution in [0.3, 0.4) is 0 Å². The van der Waals surface area contributed by atoms with Gasteiger partial charge >= 0.3 is 5.97 Å². The highest BCUT2D eigenvalue weighted by molar-refractivity contribution is 7.39. The van der Waals surface area contributed by atoms with Crippen LogP contribution in [-0.2, 0) is 14.8 Å². The molecule has 1 aromatic carbocycles. The number of rotatable bonds is 8. The van der Waals surface area contributed by atoms with Gasteiger partial charge < -0.3 is 14.7 Å². The second-order valence-corrected chi connectivity index (χ2v) is 10.4. The highest BCUT2D eigenvalue weighted by atomic mass is 31.1. The normalized spacial score (nSPS) is 14.7. The molecular weight excluding hydrogens is 432 g/mol. The maximum atomic E-state index is 13.5. The number of halogens is 1. The van der Waals surface area contributed by atoms with Crippen LogP contribution in [-0.4, -0.2) is 32.7 Å². The average molecular weight is 463 g/mol. The molecule has 0 bridgehead atoms. The van der Waals surface area contributed by atoms with Gasteiger partial charge in [0.15, 0.2) is 13.8 Å². The van der Waals surface area contributed by atoms with E-state index in [2.05, 4.69) is 6.58 Å². The molecule has 3 unspecified atom stereocenters. The lowest BCUT2D eigenvalue weighted by Crippen LogP contribution is -2.27. The molecule has 0 saturated carbocycles. The Labute approximate surface area is 189 Å². The van der Waals surface area contributed by atoms with Gasteiger partial charge in [-0.1, -0.05) is 52.8 Å². The standard InChI is InChI=1S/C24H31FNO5P/c1-7-19(32(29)30)18(27)13-21(28)31-23-17(15-8-10-16(25)11-9-15)12-20(24(4,5)6)26-22(23)14(2)3/h7-12,14,18-19,27,32H,1,13H2,2-6H3,(H,29,30). The Hall–Kier alpha value is -2.34. The van der Waals surface area contributed by atoms with E-state index < -0.39 is 32.2 Å². The molecule has 1 heterocycles. The van der Waals surface area contributed by atoms with Gasteiger partial charge in [-0.05, 0) is 29.7 Å². The number of carbonyl (C=O) groups excluding carboxylic acids is 1. The summed E-state index contributed by atoms with van der Waals surface area (Å²) >= 11 is 0. The van der Waals surface area contributed by atoms with E-state index in [9.17, 15) is 23.7 Å². The molecule has 32 heavy (non-hydrogen) atoms. The Morgan fingerprint density at radius 2 is 1.88 bits per heavy atom. The molecule has 0 aliphatic heterocycles. The van der Waals surface area contributed by atoms with Gasteiger partial charge in [0.2, 0.25) is 0 Å². The van der Waals surface area contributed by atoms with Crippen LogP contribution in [0.1, 0.15) is 58.3 Å². The summed E-state index contributed by atoms with van der Waals surface area (Å²) in [4.78, 5) is 26.8. The van der Waals surface area contributed by atoms with Crippen molar-refractivity contribution in [3.8, 4) is 16.9 Å². The lowest BCUT2D eigenvalue weighted by molar-refractivity contribution is -0.136. The number of hydrogen-bond donors (Lipinski definition) is 2. The molecule has 0 radical (unpaired) electrons. The molecule has 0 spiro atoms. The third-order valence-electron chi connectivity index (χ3n) is 5.02. The first-order chi connectivity index (χ1) is 14.8. The van der Waals surface area contributed by atoms with Crippen molar-refractivity contribution in [2.24, 2.45) is 0 Å². The molecule has 3 atom stereocenters. The molecule has 6 nitrogen and oxygen atoms in total. The van der Waals surface area contributed by atoms with Gasteiger partial charge in [-0.25, -0.2) is 4.39 Å². The highest BCUT2D eigenvalue weighted by Crippen LogP contribution is 2.39. The number of carbonyl (C=O) groups is 1. The predicted molar refractivity (Wildman–Crippen MR) is 124 cm³/mol. The number of aliphatic hydroxyl groups excluding tert-OH is 1. The molecule has 0 saturated heterocycles. The molecular formula is C24H31FNO5P. The van der Waals surface area contributed by atoms with Crippen LogP contribution in [0.15, 0.2) is 43.0 Å². The van der Waals surface area contributed by atoms with E-state index >= 15 is 0 Å². The summed E-state index contributed by atoms with van der Waals surface area (Å²) in [6, 6.07) is 7.66. The summed E-state index contributed by atoms with van der Waals surface area (Å²) in [5, 5.41) is 10.2. The van der Waals surface area contributed by atoms with E-state index in [1.54, 1.807) is 12.1 Å². The van der Waals surface area contributed by atoms with Gasteiger partial charge in [0.05, 0.1) is 23.9 Å². The molecule has 2 N–H and O–H groups in total. The lowest BCUT2D eigenvalue weighted by atomic mass is 9.88. The number of ether oxygens (including phenoxy) is 1. The quantitative estimate of drug-likeness (QED) is 0.325. The van der Waals surface area contributed by atoms with Crippen LogP contribution in [0.5, 0.6) is 5.75 Å². The molecule has 2 rings (SSSR count). The van der Waals surface area contributed by atoms with Crippen LogP contribution >= 0.6 is 8.03 Å². The summed E-state index contributed by atoms with van der Waals surface area (Å²) in [6.07, 6.45) is -0.743. The zero-order chi connectivity index (χ0) is 24.2. The SMILES string of the molecule is C=CC(C(O)CC(=O)Oc1c(-c2ccc(F)cc2)cc(C(C)(C)C)nc1C(C)C)[PH](=O)O. The van der Waals surface area contributed by atoms with Crippen molar-refractivity contribution in [1.82, 2.24) is 4.98 Å².